The van der Waals surface area contributed by atoms with Gasteiger partial charge in [-0.25, -0.2) is 8.42 Å². The van der Waals surface area contributed by atoms with Gasteiger partial charge in [0, 0.05) is 37.1 Å². The molecule has 120 valence electrons. The second-order valence-electron chi connectivity index (χ2n) is 5.54. The Morgan fingerprint density at radius 3 is 2.71 bits per heavy atom. The fourth-order valence-electron chi connectivity index (χ4n) is 2.90. The average Bonchev–Trinajstić information content (AvgIpc) is 2.80. The summed E-state index contributed by atoms with van der Waals surface area (Å²) in [4.78, 5) is 3.74. The molecule has 0 radical (unpaired) electrons. The first-order chi connectivity index (χ1) is 9.91. The molecule has 2 rings (SSSR count). The Labute approximate surface area is 132 Å². The maximum absolute atomic E-state index is 13.0. The van der Waals surface area contributed by atoms with Gasteiger partial charge in [-0.1, -0.05) is 6.92 Å². The first-order valence-corrected chi connectivity index (χ1v) is 9.69. The third-order valence-electron chi connectivity index (χ3n) is 4.06. The maximum Gasteiger partial charge on any atom is 0.244 e. The highest BCUT2D eigenvalue weighted by Gasteiger charge is 2.34. The third-order valence-corrected chi connectivity index (χ3v) is 7.39. The van der Waals surface area contributed by atoms with Crippen LogP contribution in [-0.4, -0.2) is 56.9 Å². The Morgan fingerprint density at radius 1 is 1.43 bits per heavy atom. The molecule has 1 aliphatic heterocycles. The molecule has 0 bridgehead atoms. The molecule has 2 heterocycles. The molecule has 21 heavy (non-hydrogen) atoms. The van der Waals surface area contributed by atoms with E-state index >= 15 is 0 Å². The molecule has 1 N–H and O–H groups in total. The molecule has 0 saturated carbocycles. The second kappa shape index (κ2) is 6.75. The molecule has 0 spiro atoms. The van der Waals surface area contributed by atoms with Crippen molar-refractivity contribution >= 4 is 21.4 Å². The van der Waals surface area contributed by atoms with Gasteiger partial charge in [-0.2, -0.15) is 4.31 Å². The van der Waals surface area contributed by atoms with E-state index in [-0.39, 0.29) is 6.04 Å². The lowest BCUT2D eigenvalue weighted by Gasteiger charge is -2.38. The molecule has 1 fully saturated rings. The molecule has 1 atom stereocenters. The number of aryl methyl sites for hydroxylation is 1. The zero-order valence-electron chi connectivity index (χ0n) is 13.2. The summed E-state index contributed by atoms with van der Waals surface area (Å²) in [5, 5.41) is 4.99. The lowest BCUT2D eigenvalue weighted by Crippen LogP contribution is -2.53. The van der Waals surface area contributed by atoms with E-state index < -0.39 is 10.0 Å². The number of hydrogen-bond acceptors (Lipinski definition) is 5. The largest absolute Gasteiger partial charge is 0.315 e. The van der Waals surface area contributed by atoms with Crippen LogP contribution >= 0.6 is 11.3 Å². The first-order valence-electron chi connectivity index (χ1n) is 7.37. The van der Waals surface area contributed by atoms with Crippen LogP contribution in [0.25, 0.3) is 0 Å². The topological polar surface area (TPSA) is 52.7 Å². The van der Waals surface area contributed by atoms with Crippen LogP contribution < -0.4 is 5.32 Å². The highest BCUT2D eigenvalue weighted by molar-refractivity contribution is 7.89. The Hall–Kier alpha value is -0.470. The zero-order valence-corrected chi connectivity index (χ0v) is 14.9. The molecule has 0 aromatic carbocycles. The molecule has 1 aromatic rings. The summed E-state index contributed by atoms with van der Waals surface area (Å²) in [7, 11) is -1.55. The van der Waals surface area contributed by atoms with Crippen molar-refractivity contribution in [3.05, 3.63) is 15.8 Å². The van der Waals surface area contributed by atoms with E-state index in [0.29, 0.717) is 24.5 Å². The number of rotatable bonds is 5. The van der Waals surface area contributed by atoms with Crippen LogP contribution in [0, 0.1) is 6.92 Å². The molecule has 0 aliphatic carbocycles. The van der Waals surface area contributed by atoms with Crippen LogP contribution in [0.4, 0.5) is 0 Å². The Kier molecular flexibility index (Phi) is 5.43. The number of piperazine rings is 1. The fourth-order valence-corrected chi connectivity index (χ4v) is 6.18. The lowest BCUT2D eigenvalue weighted by molar-refractivity contribution is 0.135. The number of sulfonamides is 1. The van der Waals surface area contributed by atoms with E-state index in [4.69, 9.17) is 0 Å². The quantitative estimate of drug-likeness (QED) is 0.888. The second-order valence-corrected chi connectivity index (χ2v) is 8.38. The van der Waals surface area contributed by atoms with Gasteiger partial charge in [0.25, 0.3) is 0 Å². The van der Waals surface area contributed by atoms with E-state index in [0.717, 1.165) is 23.5 Å². The standard InChI is InChI=1S/C14H25N3O2S2/c1-5-16-6-7-17(9-12(16)3)21(18,19)14-11(2)10-20-13(14)8-15-4/h10,12,15H,5-9H2,1-4H3. The van der Waals surface area contributed by atoms with Gasteiger partial charge in [-0.15, -0.1) is 11.3 Å². The predicted molar refractivity (Wildman–Crippen MR) is 87.3 cm³/mol. The molecule has 1 unspecified atom stereocenters. The molecule has 1 aliphatic rings. The van der Waals surface area contributed by atoms with Gasteiger partial charge >= 0.3 is 0 Å². The van der Waals surface area contributed by atoms with Crippen molar-refractivity contribution in [2.24, 2.45) is 0 Å². The molecular formula is C14H25N3O2S2. The third kappa shape index (κ3) is 3.32. The number of likely N-dealkylation sites (N-methyl/N-ethyl adjacent to an activating group) is 1. The summed E-state index contributed by atoms with van der Waals surface area (Å²) in [6.45, 7) is 9.62. The number of hydrogen-bond donors (Lipinski definition) is 1. The SMILES string of the molecule is CCN1CCN(S(=O)(=O)c2c(C)csc2CNC)CC1C. The van der Waals surface area contributed by atoms with Gasteiger partial charge in [0.05, 0.1) is 0 Å². The summed E-state index contributed by atoms with van der Waals surface area (Å²) >= 11 is 1.52. The first kappa shape index (κ1) is 16.9. The molecule has 1 saturated heterocycles. The van der Waals surface area contributed by atoms with Crippen molar-refractivity contribution in [3.8, 4) is 0 Å². The van der Waals surface area contributed by atoms with Crippen LogP contribution in [0.15, 0.2) is 10.3 Å². The van der Waals surface area contributed by atoms with E-state index in [1.54, 1.807) is 4.31 Å². The normalized spacial score (nSPS) is 21.8. The van der Waals surface area contributed by atoms with Gasteiger partial charge in [0.15, 0.2) is 0 Å². The number of thiophene rings is 1. The highest BCUT2D eigenvalue weighted by atomic mass is 32.2. The predicted octanol–water partition coefficient (Wildman–Crippen LogP) is 1.49. The van der Waals surface area contributed by atoms with Gasteiger partial charge in [0.1, 0.15) is 4.90 Å². The number of nitrogens with zero attached hydrogens (tertiary/aromatic N) is 2. The fraction of sp³-hybridized carbons (Fsp3) is 0.714. The van der Waals surface area contributed by atoms with Crippen LogP contribution in [0.5, 0.6) is 0 Å². The summed E-state index contributed by atoms with van der Waals surface area (Å²) in [5.74, 6) is 0. The van der Waals surface area contributed by atoms with Crippen LogP contribution in [0.1, 0.15) is 24.3 Å². The van der Waals surface area contributed by atoms with E-state index in [9.17, 15) is 8.42 Å². The monoisotopic (exact) mass is 331 g/mol. The van der Waals surface area contributed by atoms with Gasteiger partial charge in [0.2, 0.25) is 10.0 Å². The van der Waals surface area contributed by atoms with Crippen molar-refractivity contribution in [1.82, 2.24) is 14.5 Å². The smallest absolute Gasteiger partial charge is 0.244 e. The minimum absolute atomic E-state index is 0.269. The van der Waals surface area contributed by atoms with Gasteiger partial charge in [-0.05, 0) is 38.4 Å². The Balaban J connectivity index is 2.29. The van der Waals surface area contributed by atoms with Crippen molar-refractivity contribution < 1.29 is 8.42 Å². The summed E-state index contributed by atoms with van der Waals surface area (Å²) in [5.41, 5.74) is 0.857. The minimum atomic E-state index is -3.39. The molecule has 5 nitrogen and oxygen atoms in total. The molecule has 7 heteroatoms. The Bertz CT molecular complexity index is 583. The van der Waals surface area contributed by atoms with Crippen LogP contribution in [0.2, 0.25) is 0 Å². The van der Waals surface area contributed by atoms with Crippen molar-refractivity contribution in [3.63, 3.8) is 0 Å². The lowest BCUT2D eigenvalue weighted by atomic mass is 10.2. The molecule has 1 aromatic heterocycles. The van der Waals surface area contributed by atoms with Crippen molar-refractivity contribution in [2.75, 3.05) is 33.2 Å². The minimum Gasteiger partial charge on any atom is -0.315 e. The molecular weight excluding hydrogens is 306 g/mol. The zero-order chi connectivity index (χ0) is 15.6. The molecule has 0 amide bonds. The Morgan fingerprint density at radius 2 is 2.14 bits per heavy atom. The van der Waals surface area contributed by atoms with Crippen molar-refractivity contribution in [2.45, 2.75) is 38.3 Å². The van der Waals surface area contributed by atoms with Gasteiger partial charge in [-0.3, -0.25) is 4.90 Å². The highest BCUT2D eigenvalue weighted by Crippen LogP contribution is 2.30. The van der Waals surface area contributed by atoms with E-state index in [2.05, 4.69) is 24.1 Å². The van der Waals surface area contributed by atoms with Gasteiger partial charge < -0.3 is 5.32 Å². The summed E-state index contributed by atoms with van der Waals surface area (Å²) in [6, 6.07) is 0.269. The average molecular weight is 332 g/mol. The van der Waals surface area contributed by atoms with Crippen molar-refractivity contribution in [1.29, 1.82) is 0 Å². The summed E-state index contributed by atoms with van der Waals surface area (Å²) < 4.78 is 27.6. The van der Waals surface area contributed by atoms with Crippen LogP contribution in [-0.2, 0) is 16.6 Å². The summed E-state index contributed by atoms with van der Waals surface area (Å²) in [6.07, 6.45) is 0. The maximum atomic E-state index is 13.0. The van der Waals surface area contributed by atoms with E-state index in [1.807, 2.05) is 19.4 Å². The van der Waals surface area contributed by atoms with Crippen LogP contribution in [0.3, 0.4) is 0 Å². The number of nitrogens with one attached hydrogen (secondary N) is 1. The van der Waals surface area contributed by atoms with E-state index in [1.165, 1.54) is 11.3 Å².